The highest BCUT2D eigenvalue weighted by atomic mass is 35.5. The summed E-state index contributed by atoms with van der Waals surface area (Å²) in [5.74, 6) is -0.782. The minimum atomic E-state index is -3.90. The molecule has 218 valence electrons. The summed E-state index contributed by atoms with van der Waals surface area (Å²) in [6.45, 7) is 3.62. The van der Waals surface area contributed by atoms with Gasteiger partial charge in [0.15, 0.2) is 5.69 Å². The monoisotopic (exact) mass is 621 g/mol. The predicted molar refractivity (Wildman–Crippen MR) is 154 cm³/mol. The van der Waals surface area contributed by atoms with Crippen LogP contribution in [0.3, 0.4) is 0 Å². The van der Waals surface area contributed by atoms with E-state index in [1.807, 2.05) is 19.9 Å². The fourth-order valence-electron chi connectivity index (χ4n) is 4.23. The van der Waals surface area contributed by atoms with Crippen molar-refractivity contribution in [2.75, 3.05) is 5.32 Å². The normalized spacial score (nSPS) is 14.7. The van der Waals surface area contributed by atoms with Crippen LogP contribution in [0, 0.1) is 0 Å². The summed E-state index contributed by atoms with van der Waals surface area (Å²) < 4.78 is 21.1. The largest absolute Gasteiger partial charge is 0.439 e. The molecule has 0 radical (unpaired) electrons. The zero-order chi connectivity index (χ0) is 30.0. The summed E-state index contributed by atoms with van der Waals surface area (Å²) in [5, 5.41) is 13.3. The molecule has 1 unspecified atom stereocenters. The summed E-state index contributed by atoms with van der Waals surface area (Å²) in [6.07, 6.45) is 6.44. The number of carbonyl (C=O) groups excluding carboxylic acids is 4. The highest BCUT2D eigenvalue weighted by Gasteiger charge is 2.33. The second-order valence-corrected chi connectivity index (χ2v) is 12.2. The van der Waals surface area contributed by atoms with Crippen LogP contribution < -0.4 is 20.2 Å². The highest BCUT2D eigenvalue weighted by Crippen LogP contribution is 2.45. The number of para-hydroxylation sites is 1. The Morgan fingerprint density at radius 3 is 2.20 bits per heavy atom. The molecule has 1 atom stereocenters. The second-order valence-electron chi connectivity index (χ2n) is 9.46. The number of rotatable bonds is 9. The van der Waals surface area contributed by atoms with E-state index in [2.05, 4.69) is 20.8 Å². The Hall–Kier alpha value is -3.46. The highest BCUT2D eigenvalue weighted by molar-refractivity contribution is 7.55. The molecule has 1 aliphatic rings. The van der Waals surface area contributed by atoms with Gasteiger partial charge in [-0.05, 0) is 51.0 Å². The van der Waals surface area contributed by atoms with E-state index in [0.717, 1.165) is 36.6 Å². The van der Waals surface area contributed by atoms with Crippen LogP contribution in [-0.2, 0) is 14.2 Å². The van der Waals surface area contributed by atoms with Crippen LogP contribution in [-0.4, -0.2) is 39.6 Å². The SMILES string of the molecule is CC(C)NP(=O)(Oc1ccccc1)n1cc(NC(=O)c2c(Cl)cccc2Cl)c(C(=O)NC2CCCCC2)n1.O=C=O. The summed E-state index contributed by atoms with van der Waals surface area (Å²) in [5.41, 5.74) is -0.0115. The van der Waals surface area contributed by atoms with E-state index in [1.54, 1.807) is 30.3 Å². The lowest BCUT2D eigenvalue weighted by Crippen LogP contribution is -2.37. The zero-order valence-electron chi connectivity index (χ0n) is 22.4. The molecule has 4 rings (SSSR count). The maximum Gasteiger partial charge on any atom is 0.439 e. The van der Waals surface area contributed by atoms with Crippen molar-refractivity contribution in [1.82, 2.24) is 20.0 Å². The molecule has 3 N–H and O–H groups in total. The number of amides is 2. The fraction of sp³-hybridized carbons (Fsp3) is 0.333. The van der Waals surface area contributed by atoms with E-state index < -0.39 is 19.5 Å². The number of aromatic nitrogens is 2. The molecule has 1 fully saturated rings. The Balaban J connectivity index is 0.00000147. The van der Waals surface area contributed by atoms with E-state index in [0.29, 0.717) is 5.75 Å². The van der Waals surface area contributed by atoms with Gasteiger partial charge >= 0.3 is 13.8 Å². The summed E-state index contributed by atoms with van der Waals surface area (Å²) in [7, 11) is -3.90. The van der Waals surface area contributed by atoms with E-state index in [-0.39, 0.29) is 45.2 Å². The first-order valence-electron chi connectivity index (χ1n) is 12.9. The Morgan fingerprint density at radius 1 is 1.00 bits per heavy atom. The molecule has 14 heteroatoms. The molecular formula is C27H30Cl2N5O6P. The van der Waals surface area contributed by atoms with Gasteiger partial charge in [0.2, 0.25) is 0 Å². The number of anilines is 1. The lowest BCUT2D eigenvalue weighted by atomic mass is 9.95. The van der Waals surface area contributed by atoms with Gasteiger partial charge in [-0.2, -0.15) is 19.1 Å². The van der Waals surface area contributed by atoms with Crippen molar-refractivity contribution in [2.45, 2.75) is 58.0 Å². The fourth-order valence-corrected chi connectivity index (χ4v) is 6.59. The summed E-state index contributed by atoms with van der Waals surface area (Å²) in [4.78, 5) is 42.8. The minimum Gasteiger partial charge on any atom is -0.417 e. The van der Waals surface area contributed by atoms with Gasteiger partial charge < -0.3 is 15.2 Å². The molecule has 0 aliphatic heterocycles. The number of benzene rings is 2. The van der Waals surface area contributed by atoms with Gasteiger partial charge in [-0.25, -0.2) is 9.65 Å². The average Bonchev–Trinajstić information content (AvgIpc) is 3.34. The average molecular weight is 622 g/mol. The van der Waals surface area contributed by atoms with Crippen molar-refractivity contribution in [2.24, 2.45) is 0 Å². The molecule has 3 aromatic rings. The van der Waals surface area contributed by atoms with Gasteiger partial charge in [0, 0.05) is 12.1 Å². The first-order valence-corrected chi connectivity index (χ1v) is 15.2. The number of halogens is 2. The quantitative estimate of drug-likeness (QED) is 0.248. The van der Waals surface area contributed by atoms with Crippen LogP contribution in [0.1, 0.15) is 66.8 Å². The number of hydrogen-bond acceptors (Lipinski definition) is 7. The molecule has 0 spiro atoms. The van der Waals surface area contributed by atoms with Gasteiger partial charge in [0.05, 0.1) is 27.5 Å². The van der Waals surface area contributed by atoms with Crippen molar-refractivity contribution in [1.29, 1.82) is 0 Å². The third-order valence-electron chi connectivity index (χ3n) is 5.96. The summed E-state index contributed by atoms with van der Waals surface area (Å²) >= 11 is 12.5. The zero-order valence-corrected chi connectivity index (χ0v) is 24.8. The first-order chi connectivity index (χ1) is 19.6. The van der Waals surface area contributed by atoms with Crippen LogP contribution in [0.4, 0.5) is 5.69 Å². The van der Waals surface area contributed by atoms with Crippen molar-refractivity contribution in [3.05, 3.63) is 76.0 Å². The maximum atomic E-state index is 14.1. The van der Waals surface area contributed by atoms with Crippen molar-refractivity contribution in [3.63, 3.8) is 0 Å². The van der Waals surface area contributed by atoms with Gasteiger partial charge in [-0.15, -0.1) is 0 Å². The standard InChI is InChI=1S/C26H30Cl2N5O4P.CO2/c1-17(2)32-38(36,37-19-12-7-4-8-13-19)33-16-22(30-25(34)23-20(27)14-9-15-21(23)28)24(31-33)26(35)29-18-10-5-3-6-11-18;2-1-3/h4,7-9,12-18H,3,5-6,10-11H2,1-2H3,(H,29,35)(H,30,34)(H,32,36);. The minimum absolute atomic E-state index is 0.0101. The van der Waals surface area contributed by atoms with Crippen LogP contribution in [0.5, 0.6) is 5.75 Å². The number of carbonyl (C=O) groups is 2. The third kappa shape index (κ3) is 8.76. The third-order valence-corrected chi connectivity index (χ3v) is 8.63. The van der Waals surface area contributed by atoms with Gasteiger partial charge in [-0.3, -0.25) is 9.59 Å². The Morgan fingerprint density at radius 2 is 1.61 bits per heavy atom. The molecule has 2 amide bonds. The molecule has 0 bridgehead atoms. The van der Waals surface area contributed by atoms with Gasteiger partial charge in [0.25, 0.3) is 11.8 Å². The van der Waals surface area contributed by atoms with E-state index >= 15 is 0 Å². The molecule has 1 heterocycles. The predicted octanol–water partition coefficient (Wildman–Crippen LogP) is 5.95. The topological polar surface area (TPSA) is 148 Å². The van der Waals surface area contributed by atoms with Crippen LogP contribution in [0.15, 0.2) is 54.7 Å². The Kier molecular flexibility index (Phi) is 11.7. The maximum absolute atomic E-state index is 14.1. The number of hydrogen-bond donors (Lipinski definition) is 3. The lowest BCUT2D eigenvalue weighted by Gasteiger charge is -2.23. The molecule has 41 heavy (non-hydrogen) atoms. The molecule has 1 saturated carbocycles. The molecule has 0 saturated heterocycles. The second kappa shape index (κ2) is 15.0. The molecule has 1 aliphatic carbocycles. The smallest absolute Gasteiger partial charge is 0.417 e. The van der Waals surface area contributed by atoms with Crippen LogP contribution >= 0.6 is 30.9 Å². The Labute approximate surface area is 247 Å². The molecule has 1 aromatic heterocycles. The molecule has 2 aromatic carbocycles. The van der Waals surface area contributed by atoms with E-state index in [1.165, 1.54) is 18.3 Å². The Bertz CT molecular complexity index is 1420. The van der Waals surface area contributed by atoms with Crippen molar-refractivity contribution >= 4 is 54.5 Å². The molecule has 11 nitrogen and oxygen atoms in total. The summed E-state index contributed by atoms with van der Waals surface area (Å²) in [6, 6.07) is 13.1. The van der Waals surface area contributed by atoms with Crippen molar-refractivity contribution in [3.8, 4) is 5.75 Å². The van der Waals surface area contributed by atoms with Gasteiger partial charge in [0.1, 0.15) is 5.75 Å². The van der Waals surface area contributed by atoms with Crippen LogP contribution in [0.2, 0.25) is 10.0 Å². The first kappa shape index (κ1) is 32.1. The van der Waals surface area contributed by atoms with Crippen LogP contribution in [0.25, 0.3) is 0 Å². The van der Waals surface area contributed by atoms with E-state index in [4.69, 9.17) is 37.3 Å². The lowest BCUT2D eigenvalue weighted by molar-refractivity contribution is -0.191. The number of nitrogens with one attached hydrogen (secondary N) is 3. The van der Waals surface area contributed by atoms with E-state index in [9.17, 15) is 14.2 Å². The van der Waals surface area contributed by atoms with Gasteiger partial charge in [-0.1, -0.05) is 66.7 Å². The van der Waals surface area contributed by atoms with Crippen molar-refractivity contribution < 1.29 is 28.3 Å². The number of nitrogens with zero attached hydrogens (tertiary/aromatic N) is 2. The molecular weight excluding hydrogens is 592 g/mol.